The van der Waals surface area contributed by atoms with Crippen LogP contribution in [0.2, 0.25) is 0 Å². The van der Waals surface area contributed by atoms with Crippen molar-refractivity contribution in [3.8, 4) is 5.75 Å². The van der Waals surface area contributed by atoms with Crippen molar-refractivity contribution in [1.82, 2.24) is 0 Å². The van der Waals surface area contributed by atoms with Crippen molar-refractivity contribution in [2.75, 3.05) is 12.4 Å². The molecule has 1 aromatic heterocycles. The summed E-state index contributed by atoms with van der Waals surface area (Å²) in [6, 6.07) is 6.95. The van der Waals surface area contributed by atoms with Gasteiger partial charge in [0.05, 0.1) is 24.6 Å². The van der Waals surface area contributed by atoms with E-state index in [4.69, 9.17) is 9.15 Å². The summed E-state index contributed by atoms with van der Waals surface area (Å²) >= 11 is 3.36. The van der Waals surface area contributed by atoms with E-state index < -0.39 is 0 Å². The fraction of sp³-hybridized carbons (Fsp3) is 0.0833. The molecule has 0 bridgehead atoms. The van der Waals surface area contributed by atoms with Gasteiger partial charge in [0.15, 0.2) is 0 Å². The average Bonchev–Trinajstić information content (AvgIpc) is 2.85. The molecule has 1 N–H and O–H groups in total. The predicted molar refractivity (Wildman–Crippen MR) is 67.4 cm³/mol. The van der Waals surface area contributed by atoms with Crippen LogP contribution in [0.4, 0.5) is 5.69 Å². The fourth-order valence-electron chi connectivity index (χ4n) is 1.32. The molecule has 17 heavy (non-hydrogen) atoms. The van der Waals surface area contributed by atoms with Crippen molar-refractivity contribution in [3.05, 3.63) is 46.8 Å². The summed E-state index contributed by atoms with van der Waals surface area (Å²) in [4.78, 5) is 11.8. The minimum Gasteiger partial charge on any atom is -0.497 e. The van der Waals surface area contributed by atoms with Crippen LogP contribution < -0.4 is 10.1 Å². The molecule has 2 aromatic rings. The second-order valence-corrected chi connectivity index (χ2v) is 4.17. The third-order valence-corrected chi connectivity index (χ3v) is 2.90. The summed E-state index contributed by atoms with van der Waals surface area (Å²) < 4.78 is 10.7. The van der Waals surface area contributed by atoms with Crippen LogP contribution in [0, 0.1) is 0 Å². The summed E-state index contributed by atoms with van der Waals surface area (Å²) in [5.74, 6) is 0.448. The maximum Gasteiger partial charge on any atom is 0.258 e. The van der Waals surface area contributed by atoms with E-state index in [2.05, 4.69) is 21.2 Å². The van der Waals surface area contributed by atoms with Crippen molar-refractivity contribution < 1.29 is 13.9 Å². The first-order valence-electron chi connectivity index (χ1n) is 4.88. The molecular formula is C12H10BrNO3. The van der Waals surface area contributed by atoms with Gasteiger partial charge in [-0.15, -0.1) is 0 Å². The standard InChI is InChI=1S/C12H10BrNO3/c1-16-9-2-3-10(13)11(6-9)14-12(15)8-4-5-17-7-8/h2-7H,1H3,(H,14,15). The molecule has 0 aliphatic carbocycles. The Bertz CT molecular complexity index is 523. The number of methoxy groups -OCH3 is 1. The minimum atomic E-state index is -0.229. The van der Waals surface area contributed by atoms with Crippen molar-refractivity contribution in [3.63, 3.8) is 0 Å². The molecule has 0 aliphatic rings. The third kappa shape index (κ3) is 2.68. The number of carbonyl (C=O) groups excluding carboxylic acids is 1. The van der Waals surface area contributed by atoms with Gasteiger partial charge in [-0.3, -0.25) is 4.79 Å². The summed E-state index contributed by atoms with van der Waals surface area (Å²) in [6.45, 7) is 0. The number of hydrogen-bond donors (Lipinski definition) is 1. The zero-order chi connectivity index (χ0) is 12.3. The molecule has 0 saturated heterocycles. The molecule has 0 radical (unpaired) electrons. The monoisotopic (exact) mass is 295 g/mol. The molecule has 4 nitrogen and oxygen atoms in total. The molecule has 1 heterocycles. The summed E-state index contributed by atoms with van der Waals surface area (Å²) in [6.07, 6.45) is 2.85. The van der Waals surface area contributed by atoms with Crippen LogP contribution in [0.3, 0.4) is 0 Å². The molecule has 5 heteroatoms. The zero-order valence-corrected chi connectivity index (χ0v) is 10.7. The number of amides is 1. The number of hydrogen-bond acceptors (Lipinski definition) is 3. The normalized spacial score (nSPS) is 10.0. The summed E-state index contributed by atoms with van der Waals surface area (Å²) in [5, 5.41) is 2.76. The van der Waals surface area contributed by atoms with Gasteiger partial charge in [-0.05, 0) is 34.1 Å². The van der Waals surface area contributed by atoms with E-state index in [1.165, 1.54) is 12.5 Å². The van der Waals surface area contributed by atoms with Gasteiger partial charge in [0, 0.05) is 10.5 Å². The average molecular weight is 296 g/mol. The highest BCUT2D eigenvalue weighted by Gasteiger charge is 2.10. The lowest BCUT2D eigenvalue weighted by Gasteiger charge is -2.08. The second kappa shape index (κ2) is 5.05. The van der Waals surface area contributed by atoms with Gasteiger partial charge in [0.1, 0.15) is 12.0 Å². The number of furan rings is 1. The Labute approximate surface area is 107 Å². The maximum absolute atomic E-state index is 11.8. The molecule has 1 amide bonds. The van der Waals surface area contributed by atoms with Crippen molar-refractivity contribution in [2.45, 2.75) is 0 Å². The van der Waals surface area contributed by atoms with Gasteiger partial charge in [0.2, 0.25) is 0 Å². The maximum atomic E-state index is 11.8. The third-order valence-electron chi connectivity index (χ3n) is 2.21. The molecule has 0 fully saturated rings. The number of rotatable bonds is 3. The van der Waals surface area contributed by atoms with Crippen molar-refractivity contribution >= 4 is 27.5 Å². The first-order chi connectivity index (χ1) is 8.20. The molecule has 0 atom stereocenters. The lowest BCUT2D eigenvalue weighted by atomic mass is 10.2. The number of anilines is 1. The van der Waals surface area contributed by atoms with Gasteiger partial charge in [-0.2, -0.15) is 0 Å². The first kappa shape index (κ1) is 11.7. The van der Waals surface area contributed by atoms with Crippen LogP contribution in [0.25, 0.3) is 0 Å². The second-order valence-electron chi connectivity index (χ2n) is 3.31. The molecule has 0 unspecified atom stereocenters. The van der Waals surface area contributed by atoms with Crippen LogP contribution in [-0.2, 0) is 0 Å². The van der Waals surface area contributed by atoms with E-state index in [0.29, 0.717) is 17.0 Å². The number of ether oxygens (including phenoxy) is 1. The van der Waals surface area contributed by atoms with E-state index in [1.807, 2.05) is 6.07 Å². The van der Waals surface area contributed by atoms with Crippen molar-refractivity contribution in [1.29, 1.82) is 0 Å². The van der Waals surface area contributed by atoms with Crippen LogP contribution >= 0.6 is 15.9 Å². The number of benzene rings is 1. The molecule has 2 rings (SSSR count). The SMILES string of the molecule is COc1ccc(Br)c(NC(=O)c2ccoc2)c1. The highest BCUT2D eigenvalue weighted by molar-refractivity contribution is 9.10. The highest BCUT2D eigenvalue weighted by atomic mass is 79.9. The lowest BCUT2D eigenvalue weighted by Crippen LogP contribution is -2.11. The molecule has 0 saturated carbocycles. The Kier molecular flexibility index (Phi) is 3.49. The molecule has 1 aromatic carbocycles. The minimum absolute atomic E-state index is 0.229. The van der Waals surface area contributed by atoms with Gasteiger partial charge >= 0.3 is 0 Å². The van der Waals surface area contributed by atoms with Crippen LogP contribution in [-0.4, -0.2) is 13.0 Å². The van der Waals surface area contributed by atoms with Crippen molar-refractivity contribution in [2.24, 2.45) is 0 Å². The van der Waals surface area contributed by atoms with Gasteiger partial charge in [-0.1, -0.05) is 0 Å². The molecule has 0 spiro atoms. The number of carbonyl (C=O) groups is 1. The zero-order valence-electron chi connectivity index (χ0n) is 9.07. The Morgan fingerprint density at radius 1 is 1.41 bits per heavy atom. The number of nitrogens with one attached hydrogen (secondary N) is 1. The number of halogens is 1. The Morgan fingerprint density at radius 3 is 2.88 bits per heavy atom. The highest BCUT2D eigenvalue weighted by Crippen LogP contribution is 2.27. The molecule has 88 valence electrons. The van der Waals surface area contributed by atoms with E-state index >= 15 is 0 Å². The van der Waals surface area contributed by atoms with Crippen LogP contribution in [0.15, 0.2) is 45.7 Å². The van der Waals surface area contributed by atoms with Crippen LogP contribution in [0.5, 0.6) is 5.75 Å². The Balaban J connectivity index is 2.21. The largest absolute Gasteiger partial charge is 0.497 e. The topological polar surface area (TPSA) is 51.5 Å². The van der Waals surface area contributed by atoms with Gasteiger partial charge < -0.3 is 14.5 Å². The van der Waals surface area contributed by atoms with E-state index in [9.17, 15) is 4.79 Å². The predicted octanol–water partition coefficient (Wildman–Crippen LogP) is 3.30. The summed E-state index contributed by atoms with van der Waals surface area (Å²) in [5.41, 5.74) is 1.12. The Morgan fingerprint density at radius 2 is 2.24 bits per heavy atom. The smallest absolute Gasteiger partial charge is 0.258 e. The van der Waals surface area contributed by atoms with E-state index in [0.717, 1.165) is 4.47 Å². The quantitative estimate of drug-likeness (QED) is 0.945. The Hall–Kier alpha value is -1.75. The van der Waals surface area contributed by atoms with E-state index in [1.54, 1.807) is 25.3 Å². The fourth-order valence-corrected chi connectivity index (χ4v) is 1.66. The van der Waals surface area contributed by atoms with Crippen LogP contribution in [0.1, 0.15) is 10.4 Å². The first-order valence-corrected chi connectivity index (χ1v) is 5.67. The van der Waals surface area contributed by atoms with Gasteiger partial charge in [0.25, 0.3) is 5.91 Å². The lowest BCUT2D eigenvalue weighted by molar-refractivity contribution is 0.102. The summed E-state index contributed by atoms with van der Waals surface area (Å²) in [7, 11) is 1.57. The van der Waals surface area contributed by atoms with Gasteiger partial charge in [-0.25, -0.2) is 0 Å². The molecule has 0 aliphatic heterocycles. The van der Waals surface area contributed by atoms with E-state index in [-0.39, 0.29) is 5.91 Å². The molecular weight excluding hydrogens is 286 g/mol.